The number of nitro groups is 1. The maximum absolute atomic E-state index is 12.2. The molecule has 0 spiro atoms. The molecule has 0 aliphatic heterocycles. The van der Waals surface area contributed by atoms with Gasteiger partial charge in [-0.1, -0.05) is 121 Å². The largest absolute Gasteiger partial charge is 0.397 e. The predicted octanol–water partition coefficient (Wildman–Crippen LogP) is 15.7. The molecule has 0 saturated heterocycles. The van der Waals surface area contributed by atoms with Crippen molar-refractivity contribution in [3.8, 4) is 29.5 Å². The van der Waals surface area contributed by atoms with Crippen molar-refractivity contribution in [3.63, 3.8) is 0 Å². The van der Waals surface area contributed by atoms with Gasteiger partial charge in [-0.3, -0.25) is 24.9 Å². The zero-order chi connectivity index (χ0) is 56.3. The van der Waals surface area contributed by atoms with E-state index in [1.807, 2.05) is 151 Å². The van der Waals surface area contributed by atoms with Crippen molar-refractivity contribution in [3.05, 3.63) is 208 Å². The first-order valence-electron chi connectivity index (χ1n) is 24.6. The fourth-order valence-electron chi connectivity index (χ4n) is 8.92. The minimum atomic E-state index is -0.571. The van der Waals surface area contributed by atoms with Crippen LogP contribution in [0.1, 0.15) is 92.2 Å². The Morgan fingerprint density at radius 3 is 1.44 bits per heavy atom. The van der Waals surface area contributed by atoms with Crippen molar-refractivity contribution in [2.24, 2.45) is 0 Å². The summed E-state index contributed by atoms with van der Waals surface area (Å²) in [4.78, 5) is 36.3. The molecule has 78 heavy (non-hydrogen) atoms. The van der Waals surface area contributed by atoms with Crippen LogP contribution in [0.5, 0.6) is 0 Å². The van der Waals surface area contributed by atoms with Crippen LogP contribution < -0.4 is 5.73 Å². The highest BCUT2D eigenvalue weighted by atomic mass is 79.9. The average Bonchev–Trinajstić information content (AvgIpc) is 3.89. The van der Waals surface area contributed by atoms with Gasteiger partial charge in [0.1, 0.15) is 11.9 Å². The molecule has 13 nitrogen and oxygen atoms in total. The van der Waals surface area contributed by atoms with Gasteiger partial charge in [0.2, 0.25) is 5.91 Å². The van der Waals surface area contributed by atoms with Crippen LogP contribution in [0, 0.1) is 44.1 Å². The van der Waals surface area contributed by atoms with Gasteiger partial charge in [-0.15, -0.1) is 0 Å². The molecule has 0 amide bonds. The van der Waals surface area contributed by atoms with Gasteiger partial charge in [-0.05, 0) is 130 Å². The van der Waals surface area contributed by atoms with Gasteiger partial charge < -0.3 is 5.73 Å². The Hall–Kier alpha value is -8.20. The molecule has 0 aliphatic carbocycles. The first-order chi connectivity index (χ1) is 37.0. The van der Waals surface area contributed by atoms with E-state index in [2.05, 4.69) is 104 Å². The lowest BCUT2D eigenvalue weighted by atomic mass is 9.85. The molecule has 10 aromatic rings. The molecule has 6 aromatic carbocycles. The number of rotatable bonds is 9. The molecule has 0 bridgehead atoms. The fraction of sp³-hybridized carbons (Fsp3) is 0.194. The summed E-state index contributed by atoms with van der Waals surface area (Å²) in [7, 11) is 0. The van der Waals surface area contributed by atoms with E-state index in [0.29, 0.717) is 23.2 Å². The number of hydrogen-bond acceptors (Lipinski definition) is 11. The van der Waals surface area contributed by atoms with E-state index in [4.69, 9.17) is 5.73 Å². The second kappa shape index (κ2) is 22.8. The number of nitrogens with two attached hydrogens (primary N) is 1. The minimum Gasteiger partial charge on any atom is -0.397 e. The molecule has 4 heterocycles. The van der Waals surface area contributed by atoms with Gasteiger partial charge in [0.15, 0.2) is 0 Å². The smallest absolute Gasteiger partial charge is 0.291 e. The molecule has 0 atom stereocenters. The van der Waals surface area contributed by atoms with Crippen LogP contribution in [0.3, 0.4) is 0 Å². The van der Waals surface area contributed by atoms with Crippen molar-refractivity contribution >= 4 is 109 Å². The molecule has 0 unspecified atom stereocenters. The number of nitrogen functional groups attached to an aromatic ring is 1. The average molecular weight is 1220 g/mol. The van der Waals surface area contributed by atoms with Crippen LogP contribution in [-0.4, -0.2) is 35.6 Å². The summed E-state index contributed by atoms with van der Waals surface area (Å²) in [6, 6.07) is 48.0. The first-order valence-corrected chi connectivity index (χ1v) is 27.0. The number of hydrogen-bond donors (Lipinski definition) is 1. The normalized spacial score (nSPS) is 11.5. The Bertz CT molecular complexity index is 4090. The second-order valence-corrected chi connectivity index (χ2v) is 23.1. The fourth-order valence-corrected chi connectivity index (χ4v) is 10.0. The van der Waals surface area contributed by atoms with Gasteiger partial charge in [0, 0.05) is 65.9 Å². The summed E-state index contributed by atoms with van der Waals surface area (Å²) < 4.78 is 4.18. The topological polar surface area (TPSA) is 214 Å². The molecule has 388 valence electrons. The molecule has 0 saturated carbocycles. The van der Waals surface area contributed by atoms with E-state index < -0.39 is 21.2 Å². The lowest BCUT2D eigenvalue weighted by molar-refractivity contribution is -0.385. The summed E-state index contributed by atoms with van der Waals surface area (Å²) in [6.07, 6.45) is 5.88. The molecular formula is C62H51Br3N10O3. The van der Waals surface area contributed by atoms with Crippen molar-refractivity contribution in [1.29, 1.82) is 15.8 Å². The Kier molecular flexibility index (Phi) is 16.4. The molecule has 0 aliphatic rings. The van der Waals surface area contributed by atoms with E-state index in [1.54, 1.807) is 12.4 Å². The number of anilines is 1. The first kappa shape index (κ1) is 56.0. The minimum absolute atomic E-state index is 0.0111. The third kappa shape index (κ3) is 12.0. The molecule has 0 radical (unpaired) electrons. The Labute approximate surface area is 476 Å². The van der Waals surface area contributed by atoms with Crippen molar-refractivity contribution in [2.45, 2.75) is 77.6 Å². The molecular weight excluding hydrogens is 1170 g/mol. The van der Waals surface area contributed by atoms with Gasteiger partial charge >= 0.3 is 0 Å². The molecule has 16 heteroatoms. The number of benzene rings is 6. The second-order valence-electron chi connectivity index (χ2n) is 20.4. The van der Waals surface area contributed by atoms with Gasteiger partial charge in [-0.2, -0.15) is 25.6 Å². The van der Waals surface area contributed by atoms with E-state index in [1.165, 1.54) is 17.8 Å². The quantitative estimate of drug-likeness (QED) is 0.106. The number of fused-ring (bicyclic) bond motifs is 5. The van der Waals surface area contributed by atoms with Crippen LogP contribution in [-0.2, 0) is 29.1 Å². The number of nitriles is 3. The summed E-state index contributed by atoms with van der Waals surface area (Å²) in [5.41, 5.74) is 16.7. The number of halogens is 3. The van der Waals surface area contributed by atoms with E-state index >= 15 is 0 Å². The van der Waals surface area contributed by atoms with Crippen LogP contribution in [0.15, 0.2) is 159 Å². The number of aromatic nitrogens is 5. The zero-order valence-corrected chi connectivity index (χ0v) is 48.5. The van der Waals surface area contributed by atoms with Crippen molar-refractivity contribution in [1.82, 2.24) is 24.7 Å². The van der Waals surface area contributed by atoms with E-state index in [9.17, 15) is 30.7 Å². The highest BCUT2D eigenvalue weighted by Gasteiger charge is 2.24. The number of carbonyl (C=O) groups is 1. The van der Waals surface area contributed by atoms with E-state index in [-0.39, 0.29) is 11.6 Å². The zero-order valence-electron chi connectivity index (χ0n) is 43.7. The Morgan fingerprint density at radius 2 is 0.987 bits per heavy atom. The van der Waals surface area contributed by atoms with Crippen LogP contribution >= 0.6 is 47.8 Å². The standard InChI is InChI=1S/C22H17BrN4O.C20H16BrN3O2.C20H18BrN3/c1-13(28)27-19-11-25-18-9-8-16(23)10-17(18)20(19)21(26-27)14-4-6-15(7-5-14)22(2,3)12-24;1-20(2,12-22)14-5-3-13(4-6-14)9-17-16-10-15(21)7-8-18(16)23-11-19(17)24(25)26;1-20(2,12-22)14-5-3-13(4-6-14)9-16-17-10-15(21)7-8-19(17)24-11-18(16)23/h4-11H,1-3H3;3-8,10-11H,9H2,1-2H3;3-8,10-11H,9,23H2,1-2H3. The molecule has 4 aromatic heterocycles. The van der Waals surface area contributed by atoms with Crippen molar-refractivity contribution < 1.29 is 9.72 Å². The molecule has 0 fully saturated rings. The summed E-state index contributed by atoms with van der Waals surface area (Å²) in [5.74, 6) is -0.172. The third-order valence-electron chi connectivity index (χ3n) is 13.7. The number of pyridine rings is 3. The van der Waals surface area contributed by atoms with Gasteiger partial charge in [0.05, 0.1) is 79.5 Å². The van der Waals surface area contributed by atoms with Gasteiger partial charge in [0.25, 0.3) is 5.69 Å². The lowest BCUT2D eigenvalue weighted by Gasteiger charge is -2.16. The maximum atomic E-state index is 12.2. The van der Waals surface area contributed by atoms with Crippen LogP contribution in [0.4, 0.5) is 11.4 Å². The van der Waals surface area contributed by atoms with Crippen LogP contribution in [0.25, 0.3) is 54.9 Å². The Balaban J connectivity index is 0.000000155. The number of carbonyl (C=O) groups excluding carboxylic acids is 1. The SMILES string of the molecule is CC(=O)n1nc(-c2ccc(C(C)(C)C#N)cc2)c2c3cc(Br)ccc3ncc21.CC(C)(C#N)c1ccc(Cc2c(N)cnc3ccc(Br)cc23)cc1.CC(C)(C#N)c1ccc(Cc2c([N+](=O)[O-])cnc3ccc(Br)cc23)cc1. The van der Waals surface area contributed by atoms with E-state index in [0.717, 1.165) is 103 Å². The molecule has 2 N–H and O–H groups in total. The summed E-state index contributed by atoms with van der Waals surface area (Å²) in [6.45, 7) is 12.8. The summed E-state index contributed by atoms with van der Waals surface area (Å²) >= 11 is 10.5. The third-order valence-corrected chi connectivity index (χ3v) is 15.2. The van der Waals surface area contributed by atoms with Gasteiger partial charge in [-0.25, -0.2) is 4.98 Å². The number of nitrogens with zero attached hydrogens (tertiary/aromatic N) is 9. The monoisotopic (exact) mass is 1220 g/mol. The molecule has 10 rings (SSSR count). The van der Waals surface area contributed by atoms with Crippen LogP contribution in [0.2, 0.25) is 0 Å². The highest BCUT2D eigenvalue weighted by Crippen LogP contribution is 2.37. The lowest BCUT2D eigenvalue weighted by Crippen LogP contribution is -2.13. The highest BCUT2D eigenvalue weighted by molar-refractivity contribution is 9.11. The Morgan fingerprint density at radius 1 is 0.590 bits per heavy atom. The predicted molar refractivity (Wildman–Crippen MR) is 319 cm³/mol. The van der Waals surface area contributed by atoms with Crippen molar-refractivity contribution in [2.75, 3.05) is 5.73 Å². The maximum Gasteiger partial charge on any atom is 0.291 e. The summed E-state index contributed by atoms with van der Waals surface area (Å²) in [5, 5.41) is 47.6.